The van der Waals surface area contributed by atoms with E-state index in [1.807, 2.05) is 51.1 Å². The summed E-state index contributed by atoms with van der Waals surface area (Å²) in [6, 6.07) is 14.1. The van der Waals surface area contributed by atoms with Crippen LogP contribution in [-0.4, -0.2) is 41.0 Å². The lowest BCUT2D eigenvalue weighted by Gasteiger charge is -2.20. The van der Waals surface area contributed by atoms with E-state index in [0.717, 1.165) is 21.1 Å². The second-order valence-electron chi connectivity index (χ2n) is 10.9. The van der Waals surface area contributed by atoms with Crippen LogP contribution in [0.1, 0.15) is 42.3 Å². The van der Waals surface area contributed by atoms with Gasteiger partial charge in [-0.2, -0.15) is 14.9 Å². The summed E-state index contributed by atoms with van der Waals surface area (Å²) in [6.07, 6.45) is 5.80. The van der Waals surface area contributed by atoms with Crippen LogP contribution >= 0.6 is 0 Å². The van der Waals surface area contributed by atoms with Gasteiger partial charge >= 0.3 is 0 Å². The number of carbonyl (C=O) groups excluding carboxylic acids is 1. The molecule has 0 aliphatic heterocycles. The van der Waals surface area contributed by atoms with Gasteiger partial charge in [0, 0.05) is 34.3 Å². The summed E-state index contributed by atoms with van der Waals surface area (Å²) >= 11 is 0. The van der Waals surface area contributed by atoms with Crippen LogP contribution in [0.2, 0.25) is 0 Å². The molecule has 4 aromatic heterocycles. The minimum absolute atomic E-state index is 0.0346. The van der Waals surface area contributed by atoms with Crippen molar-refractivity contribution in [1.82, 2.24) is 29.9 Å². The molecule has 0 bridgehead atoms. The van der Waals surface area contributed by atoms with Crippen molar-refractivity contribution in [3.05, 3.63) is 106 Å². The Morgan fingerprint density at radius 1 is 1.05 bits per heavy atom. The molecule has 4 heterocycles. The third-order valence-electron chi connectivity index (χ3n) is 7.11. The number of fused-ring (bicyclic) bond motifs is 2. The number of nitrogens with one attached hydrogen (secondary N) is 2. The molecule has 1 amide bonds. The van der Waals surface area contributed by atoms with Gasteiger partial charge in [0.05, 0.1) is 46.8 Å². The SMILES string of the molecule is CC(C)(C)c1cc(F)c2c(=O)n(-c3nccc(NC(=O)c4cn[nH]c4-c4cnc5ccccc5c4)c3CO)ncc2c1. The summed E-state index contributed by atoms with van der Waals surface area (Å²) in [6.45, 7) is 5.27. The molecular weight excluding hydrogens is 537 g/mol. The second kappa shape index (κ2) is 10.3. The zero-order valence-corrected chi connectivity index (χ0v) is 23.0. The lowest BCUT2D eigenvalue weighted by atomic mass is 9.86. The van der Waals surface area contributed by atoms with Crippen LogP contribution < -0.4 is 10.9 Å². The van der Waals surface area contributed by atoms with Gasteiger partial charge in [0.2, 0.25) is 0 Å². The number of pyridine rings is 2. The number of carbonyl (C=O) groups is 1. The molecule has 6 aromatic rings. The molecule has 0 aliphatic rings. The van der Waals surface area contributed by atoms with Crippen LogP contribution in [0.3, 0.4) is 0 Å². The lowest BCUT2D eigenvalue weighted by Crippen LogP contribution is -2.25. The minimum Gasteiger partial charge on any atom is -0.391 e. The van der Waals surface area contributed by atoms with E-state index in [1.54, 1.807) is 12.3 Å². The van der Waals surface area contributed by atoms with E-state index in [9.17, 15) is 14.7 Å². The molecular formula is C31H26FN7O3. The quantitative estimate of drug-likeness (QED) is 0.271. The Labute approximate surface area is 238 Å². The van der Waals surface area contributed by atoms with Crippen LogP contribution in [0.5, 0.6) is 0 Å². The second-order valence-corrected chi connectivity index (χ2v) is 10.9. The molecule has 0 fully saturated rings. The van der Waals surface area contributed by atoms with E-state index in [0.29, 0.717) is 16.6 Å². The molecule has 3 N–H and O–H groups in total. The lowest BCUT2D eigenvalue weighted by molar-refractivity contribution is 0.102. The van der Waals surface area contributed by atoms with Gasteiger partial charge in [-0.15, -0.1) is 0 Å². The molecule has 42 heavy (non-hydrogen) atoms. The Morgan fingerprint density at radius 3 is 2.64 bits per heavy atom. The first-order valence-electron chi connectivity index (χ1n) is 13.2. The zero-order chi connectivity index (χ0) is 29.6. The van der Waals surface area contributed by atoms with Crippen molar-refractivity contribution in [3.63, 3.8) is 0 Å². The van der Waals surface area contributed by atoms with Crippen molar-refractivity contribution in [3.8, 4) is 17.1 Å². The predicted octanol–water partition coefficient (Wildman–Crippen LogP) is 4.90. The number of H-pyrrole nitrogens is 1. The third kappa shape index (κ3) is 4.69. The number of aromatic amines is 1. The number of benzene rings is 2. The number of rotatable bonds is 5. The topological polar surface area (TPSA) is 139 Å². The standard InChI is InChI=1S/C31H26FN7O3/c1-31(2,3)20-11-18-14-36-39(30(42)26(18)23(32)12-20)28-22(16-40)25(8-9-33-28)37-29(41)21-15-35-38-27(21)19-10-17-6-4-5-7-24(17)34-13-19/h4-15,40H,16H2,1-3H3,(H,35,38)(H,33,37,41). The van der Waals surface area contributed by atoms with Gasteiger partial charge in [-0.25, -0.2) is 9.37 Å². The molecule has 0 spiro atoms. The first kappa shape index (κ1) is 26.9. The maximum absolute atomic E-state index is 15.2. The van der Waals surface area contributed by atoms with Crippen LogP contribution in [0.15, 0.2) is 78.1 Å². The Hall–Kier alpha value is -5.29. The number of hydrogen-bond acceptors (Lipinski definition) is 7. The number of aliphatic hydroxyl groups is 1. The van der Waals surface area contributed by atoms with E-state index < -0.39 is 23.9 Å². The molecule has 2 aromatic carbocycles. The average molecular weight is 564 g/mol. The highest BCUT2D eigenvalue weighted by molar-refractivity contribution is 6.08. The average Bonchev–Trinajstić information content (AvgIpc) is 3.47. The monoisotopic (exact) mass is 563 g/mol. The fourth-order valence-corrected chi connectivity index (χ4v) is 4.83. The number of anilines is 1. The summed E-state index contributed by atoms with van der Waals surface area (Å²) in [4.78, 5) is 35.5. The zero-order valence-electron chi connectivity index (χ0n) is 23.0. The number of amides is 1. The van der Waals surface area contributed by atoms with Gasteiger partial charge < -0.3 is 10.4 Å². The van der Waals surface area contributed by atoms with Gasteiger partial charge in [0.1, 0.15) is 5.82 Å². The van der Waals surface area contributed by atoms with Crippen LogP contribution in [-0.2, 0) is 12.0 Å². The predicted molar refractivity (Wildman–Crippen MR) is 157 cm³/mol. The van der Waals surface area contributed by atoms with Gasteiger partial charge in [0.15, 0.2) is 5.82 Å². The third-order valence-corrected chi connectivity index (χ3v) is 7.11. The molecule has 0 unspecified atom stereocenters. The van der Waals surface area contributed by atoms with E-state index in [-0.39, 0.29) is 33.4 Å². The summed E-state index contributed by atoms with van der Waals surface area (Å²) in [5.41, 5.74) is 2.17. The summed E-state index contributed by atoms with van der Waals surface area (Å²) in [7, 11) is 0. The van der Waals surface area contributed by atoms with Gasteiger partial charge in [-0.1, -0.05) is 39.0 Å². The molecule has 0 aliphatic carbocycles. The number of para-hydroxylation sites is 1. The van der Waals surface area contributed by atoms with Crippen molar-refractivity contribution >= 4 is 33.3 Å². The Morgan fingerprint density at radius 2 is 1.86 bits per heavy atom. The molecule has 6 rings (SSSR count). The fourth-order valence-electron chi connectivity index (χ4n) is 4.83. The molecule has 0 saturated carbocycles. The van der Waals surface area contributed by atoms with Crippen molar-refractivity contribution in [2.24, 2.45) is 0 Å². The van der Waals surface area contributed by atoms with Gasteiger partial charge in [0.25, 0.3) is 11.5 Å². The smallest absolute Gasteiger partial charge is 0.283 e. The number of halogens is 1. The summed E-state index contributed by atoms with van der Waals surface area (Å²) in [5.74, 6) is -1.23. The maximum Gasteiger partial charge on any atom is 0.283 e. The van der Waals surface area contributed by atoms with E-state index in [2.05, 4.69) is 30.6 Å². The number of aliphatic hydroxyl groups excluding tert-OH is 1. The van der Waals surface area contributed by atoms with Gasteiger partial charge in [-0.05, 0) is 41.3 Å². The first-order chi connectivity index (χ1) is 20.2. The number of nitrogens with zero attached hydrogens (tertiary/aromatic N) is 5. The first-order valence-corrected chi connectivity index (χ1v) is 13.2. The van der Waals surface area contributed by atoms with Crippen molar-refractivity contribution in [2.45, 2.75) is 32.8 Å². The highest BCUT2D eigenvalue weighted by Gasteiger charge is 2.22. The molecule has 0 atom stereocenters. The fraction of sp³-hybridized carbons (Fsp3) is 0.161. The molecule has 11 heteroatoms. The largest absolute Gasteiger partial charge is 0.391 e. The van der Waals surface area contributed by atoms with E-state index in [1.165, 1.54) is 30.7 Å². The molecule has 210 valence electrons. The van der Waals surface area contributed by atoms with Crippen LogP contribution in [0, 0.1) is 5.82 Å². The Bertz CT molecular complexity index is 2060. The molecule has 0 saturated heterocycles. The van der Waals surface area contributed by atoms with Crippen LogP contribution in [0.25, 0.3) is 38.8 Å². The van der Waals surface area contributed by atoms with Crippen molar-refractivity contribution in [2.75, 3.05) is 5.32 Å². The Kier molecular flexibility index (Phi) is 6.58. The molecule has 0 radical (unpaired) electrons. The maximum atomic E-state index is 15.2. The van der Waals surface area contributed by atoms with E-state index >= 15 is 4.39 Å². The summed E-state index contributed by atoms with van der Waals surface area (Å²) in [5, 5.41) is 25.3. The summed E-state index contributed by atoms with van der Waals surface area (Å²) < 4.78 is 16.1. The normalized spacial score (nSPS) is 11.7. The molecule has 10 nitrogen and oxygen atoms in total. The number of aromatic nitrogens is 6. The van der Waals surface area contributed by atoms with Gasteiger partial charge in [-0.3, -0.25) is 19.7 Å². The highest BCUT2D eigenvalue weighted by Crippen LogP contribution is 2.29. The highest BCUT2D eigenvalue weighted by atomic mass is 19.1. The minimum atomic E-state index is -0.739. The Balaban J connectivity index is 1.37. The van der Waals surface area contributed by atoms with Crippen molar-refractivity contribution < 1.29 is 14.3 Å². The van der Waals surface area contributed by atoms with Crippen molar-refractivity contribution in [1.29, 1.82) is 0 Å². The number of hydrogen-bond donors (Lipinski definition) is 3. The van der Waals surface area contributed by atoms with Crippen LogP contribution in [0.4, 0.5) is 10.1 Å². The van der Waals surface area contributed by atoms with E-state index in [4.69, 9.17) is 0 Å².